The molecular formula is C20H33NO2. The maximum atomic E-state index is 11.9. The van der Waals surface area contributed by atoms with Gasteiger partial charge in [-0.15, -0.1) is 0 Å². The van der Waals surface area contributed by atoms with Gasteiger partial charge in [0.2, 0.25) is 0 Å². The average Bonchev–Trinajstić information content (AvgIpc) is 2.35. The Hall–Kier alpha value is -1.19. The van der Waals surface area contributed by atoms with Crippen molar-refractivity contribution in [3.8, 4) is 0 Å². The van der Waals surface area contributed by atoms with Crippen molar-refractivity contribution in [1.82, 2.24) is 5.32 Å². The Balaban J connectivity index is 2.71. The van der Waals surface area contributed by atoms with Gasteiger partial charge in [-0.2, -0.15) is 0 Å². The summed E-state index contributed by atoms with van der Waals surface area (Å²) in [6, 6.07) is 2.50. The van der Waals surface area contributed by atoms with Crippen LogP contribution in [0, 0.1) is 20.8 Å². The van der Waals surface area contributed by atoms with Crippen LogP contribution >= 0.6 is 0 Å². The standard InChI is InChI=1S/C20H33NO2/c1-13-11-14(2)19(17(5)22)16(4)18(13)12-21-15(3)9-8-10-20(6,7)23/h11,15,21,23H,8-10,12H2,1-7H3/t15-/m1/s1. The zero-order chi connectivity index (χ0) is 17.8. The normalized spacial score (nSPS) is 13.2. The molecule has 2 N–H and O–H groups in total. The smallest absolute Gasteiger partial charge is 0.160 e. The van der Waals surface area contributed by atoms with Gasteiger partial charge in [0, 0.05) is 18.2 Å². The van der Waals surface area contributed by atoms with Crippen molar-refractivity contribution < 1.29 is 9.90 Å². The lowest BCUT2D eigenvalue weighted by atomic mass is 9.91. The minimum Gasteiger partial charge on any atom is -0.390 e. The topological polar surface area (TPSA) is 49.3 Å². The van der Waals surface area contributed by atoms with Crippen molar-refractivity contribution in [2.45, 2.75) is 85.9 Å². The number of hydrogen-bond donors (Lipinski definition) is 2. The molecule has 1 aromatic carbocycles. The molecule has 3 heteroatoms. The van der Waals surface area contributed by atoms with Crippen molar-refractivity contribution in [1.29, 1.82) is 0 Å². The molecule has 1 aromatic rings. The number of ketones is 1. The van der Waals surface area contributed by atoms with Gasteiger partial charge in [0.05, 0.1) is 5.60 Å². The molecule has 0 saturated heterocycles. The van der Waals surface area contributed by atoms with E-state index in [2.05, 4.69) is 25.2 Å². The van der Waals surface area contributed by atoms with E-state index in [1.807, 2.05) is 27.7 Å². The molecule has 0 amide bonds. The Bertz CT molecular complexity index is 556. The minimum absolute atomic E-state index is 0.138. The number of carbonyl (C=O) groups is 1. The third-order valence-electron chi connectivity index (χ3n) is 4.54. The SMILES string of the molecule is CC(=O)c1c(C)cc(C)c(CN[C@H](C)CCCC(C)(C)O)c1C. The number of aryl methyl sites for hydroxylation is 2. The molecule has 0 spiro atoms. The van der Waals surface area contributed by atoms with Crippen LogP contribution in [0.1, 0.15) is 79.6 Å². The minimum atomic E-state index is -0.583. The van der Waals surface area contributed by atoms with Gasteiger partial charge in [-0.25, -0.2) is 0 Å². The zero-order valence-corrected chi connectivity index (χ0v) is 15.8. The molecule has 1 rings (SSSR count). The van der Waals surface area contributed by atoms with Gasteiger partial charge in [0.15, 0.2) is 5.78 Å². The summed E-state index contributed by atoms with van der Waals surface area (Å²) in [4.78, 5) is 11.9. The highest BCUT2D eigenvalue weighted by Crippen LogP contribution is 2.23. The van der Waals surface area contributed by atoms with Gasteiger partial charge in [-0.1, -0.05) is 6.07 Å². The highest BCUT2D eigenvalue weighted by molar-refractivity contribution is 5.97. The summed E-state index contributed by atoms with van der Waals surface area (Å²) in [6.45, 7) is 14.5. The molecule has 23 heavy (non-hydrogen) atoms. The second kappa shape index (κ2) is 8.07. The first-order valence-corrected chi connectivity index (χ1v) is 8.59. The summed E-state index contributed by atoms with van der Waals surface area (Å²) in [7, 11) is 0. The molecule has 0 aromatic heterocycles. The summed E-state index contributed by atoms with van der Waals surface area (Å²) in [6.07, 6.45) is 2.85. The van der Waals surface area contributed by atoms with Crippen LogP contribution in [-0.4, -0.2) is 22.5 Å². The van der Waals surface area contributed by atoms with Crippen LogP contribution in [-0.2, 0) is 6.54 Å². The molecular weight excluding hydrogens is 286 g/mol. The second-order valence-electron chi connectivity index (χ2n) is 7.53. The number of benzene rings is 1. The Morgan fingerprint density at radius 3 is 2.39 bits per heavy atom. The number of nitrogens with one attached hydrogen (secondary N) is 1. The third-order valence-corrected chi connectivity index (χ3v) is 4.54. The fourth-order valence-corrected chi connectivity index (χ4v) is 3.26. The molecule has 0 fully saturated rings. The summed E-state index contributed by atoms with van der Waals surface area (Å²) in [5.74, 6) is 0.138. The maximum Gasteiger partial charge on any atom is 0.160 e. The molecule has 0 saturated carbocycles. The molecule has 3 nitrogen and oxygen atoms in total. The summed E-state index contributed by atoms with van der Waals surface area (Å²) >= 11 is 0. The lowest BCUT2D eigenvalue weighted by Gasteiger charge is -2.21. The summed E-state index contributed by atoms with van der Waals surface area (Å²) < 4.78 is 0. The largest absolute Gasteiger partial charge is 0.390 e. The predicted molar refractivity (Wildman–Crippen MR) is 97.1 cm³/mol. The molecule has 0 aliphatic rings. The molecule has 130 valence electrons. The lowest BCUT2D eigenvalue weighted by molar-refractivity contribution is 0.0675. The van der Waals surface area contributed by atoms with Gasteiger partial charge in [-0.3, -0.25) is 4.79 Å². The molecule has 1 atom stereocenters. The van der Waals surface area contributed by atoms with E-state index in [1.54, 1.807) is 6.92 Å². The van der Waals surface area contributed by atoms with Crippen molar-refractivity contribution in [3.63, 3.8) is 0 Å². The van der Waals surface area contributed by atoms with Crippen molar-refractivity contribution in [2.75, 3.05) is 0 Å². The Kier molecular flexibility index (Phi) is 6.97. The summed E-state index contributed by atoms with van der Waals surface area (Å²) in [5, 5.41) is 13.3. The number of carbonyl (C=O) groups excluding carboxylic acids is 1. The number of hydrogen-bond acceptors (Lipinski definition) is 3. The average molecular weight is 319 g/mol. The fourth-order valence-electron chi connectivity index (χ4n) is 3.26. The first-order chi connectivity index (χ1) is 10.5. The van der Waals surface area contributed by atoms with E-state index in [4.69, 9.17) is 0 Å². The second-order valence-corrected chi connectivity index (χ2v) is 7.53. The van der Waals surface area contributed by atoms with Crippen molar-refractivity contribution >= 4 is 5.78 Å². The third kappa shape index (κ3) is 6.08. The van der Waals surface area contributed by atoms with Crippen LogP contribution in [0.15, 0.2) is 6.07 Å². The quantitative estimate of drug-likeness (QED) is 0.705. The van der Waals surface area contributed by atoms with E-state index in [0.29, 0.717) is 6.04 Å². The number of aliphatic hydroxyl groups is 1. The van der Waals surface area contributed by atoms with Gasteiger partial charge >= 0.3 is 0 Å². The van der Waals surface area contributed by atoms with Crippen LogP contribution < -0.4 is 5.32 Å². The van der Waals surface area contributed by atoms with E-state index in [-0.39, 0.29) is 5.78 Å². The molecule has 0 aliphatic heterocycles. The number of Topliss-reactive ketones (excluding diaryl/α,β-unsaturated/α-hetero) is 1. The van der Waals surface area contributed by atoms with Crippen LogP contribution in [0.2, 0.25) is 0 Å². The summed E-state index contributed by atoms with van der Waals surface area (Å²) in [5.41, 5.74) is 4.92. The molecule has 0 heterocycles. The Morgan fingerprint density at radius 2 is 1.87 bits per heavy atom. The van der Waals surface area contributed by atoms with Crippen molar-refractivity contribution in [2.24, 2.45) is 0 Å². The van der Waals surface area contributed by atoms with E-state index in [1.165, 1.54) is 11.1 Å². The van der Waals surface area contributed by atoms with Crippen LogP contribution in [0.3, 0.4) is 0 Å². The molecule has 0 bridgehead atoms. The zero-order valence-electron chi connectivity index (χ0n) is 15.8. The van der Waals surface area contributed by atoms with Crippen molar-refractivity contribution in [3.05, 3.63) is 33.9 Å². The predicted octanol–water partition coefficient (Wildman–Crippen LogP) is 4.23. The van der Waals surface area contributed by atoms with E-state index in [0.717, 1.165) is 42.5 Å². The first-order valence-electron chi connectivity index (χ1n) is 8.59. The Labute approximate surface area is 141 Å². The molecule has 0 aliphatic carbocycles. The Morgan fingerprint density at radius 1 is 1.26 bits per heavy atom. The lowest BCUT2D eigenvalue weighted by Crippen LogP contribution is -2.27. The highest BCUT2D eigenvalue weighted by atomic mass is 16.3. The van der Waals surface area contributed by atoms with E-state index >= 15 is 0 Å². The molecule has 0 radical (unpaired) electrons. The van der Waals surface area contributed by atoms with Crippen LogP contribution in [0.25, 0.3) is 0 Å². The monoisotopic (exact) mass is 319 g/mol. The fraction of sp³-hybridized carbons (Fsp3) is 0.650. The van der Waals surface area contributed by atoms with Gasteiger partial charge in [-0.05, 0) is 90.0 Å². The highest BCUT2D eigenvalue weighted by Gasteiger charge is 2.15. The van der Waals surface area contributed by atoms with E-state index in [9.17, 15) is 9.90 Å². The van der Waals surface area contributed by atoms with Gasteiger partial charge < -0.3 is 10.4 Å². The van der Waals surface area contributed by atoms with E-state index < -0.39 is 5.60 Å². The van der Waals surface area contributed by atoms with Gasteiger partial charge in [0.25, 0.3) is 0 Å². The first kappa shape index (κ1) is 19.9. The number of rotatable bonds is 8. The molecule has 0 unspecified atom stereocenters. The van der Waals surface area contributed by atoms with Crippen LogP contribution in [0.4, 0.5) is 0 Å². The van der Waals surface area contributed by atoms with Gasteiger partial charge in [0.1, 0.15) is 0 Å². The maximum absolute atomic E-state index is 11.9. The van der Waals surface area contributed by atoms with Crippen LogP contribution in [0.5, 0.6) is 0 Å².